The highest BCUT2D eigenvalue weighted by molar-refractivity contribution is 7.98. The Balaban J connectivity index is 1.88. The van der Waals surface area contributed by atoms with Gasteiger partial charge in [0.2, 0.25) is 0 Å². The molecule has 0 bridgehead atoms. The van der Waals surface area contributed by atoms with Gasteiger partial charge in [0.05, 0.1) is 13.2 Å². The Kier molecular flexibility index (Phi) is 10.2. The number of thioether (sulfide) groups is 1. The van der Waals surface area contributed by atoms with Gasteiger partial charge in [-0.15, -0.1) is 0 Å². The highest BCUT2D eigenvalue weighted by atomic mass is 35.5. The third-order valence-electron chi connectivity index (χ3n) is 5.64. The number of hydrogen-bond acceptors (Lipinski definition) is 4. The lowest BCUT2D eigenvalue weighted by Gasteiger charge is -2.17. The fourth-order valence-electron chi connectivity index (χ4n) is 3.81. The second-order valence-electron chi connectivity index (χ2n) is 8.32. The number of carboxylic acids is 1. The van der Waals surface area contributed by atoms with Gasteiger partial charge in [-0.3, -0.25) is 4.79 Å². The number of aryl methyl sites for hydroxylation is 1. The van der Waals surface area contributed by atoms with E-state index in [1.807, 2.05) is 73.9 Å². The van der Waals surface area contributed by atoms with Crippen LogP contribution in [-0.4, -0.2) is 41.6 Å². The molecule has 2 aromatic carbocycles. The van der Waals surface area contributed by atoms with E-state index in [0.717, 1.165) is 27.8 Å². The number of hydrogen-bond donors (Lipinski definition) is 2. The molecule has 0 saturated carbocycles. The number of ether oxygens (including phenoxy) is 1. The molecule has 35 heavy (non-hydrogen) atoms. The predicted molar refractivity (Wildman–Crippen MR) is 144 cm³/mol. The van der Waals surface area contributed by atoms with Crippen LogP contribution in [0.15, 0.2) is 77.9 Å². The largest absolute Gasteiger partial charge is 0.480 e. The van der Waals surface area contributed by atoms with E-state index in [0.29, 0.717) is 42.4 Å². The van der Waals surface area contributed by atoms with Crippen molar-refractivity contribution in [3.63, 3.8) is 0 Å². The highest BCUT2D eigenvalue weighted by Gasteiger charge is 2.23. The van der Waals surface area contributed by atoms with Crippen molar-refractivity contribution in [2.75, 3.05) is 18.6 Å². The number of carboxylic acid groups (broad SMARTS) is 1. The normalized spacial score (nSPS) is 14.3. The molecule has 0 saturated heterocycles. The summed E-state index contributed by atoms with van der Waals surface area (Å²) < 4.78 is 5.96. The maximum Gasteiger partial charge on any atom is 0.326 e. The van der Waals surface area contributed by atoms with E-state index in [1.54, 1.807) is 17.8 Å². The number of carbonyl (C=O) groups is 2. The Morgan fingerprint density at radius 2 is 1.97 bits per heavy atom. The number of benzene rings is 2. The molecule has 0 aromatic heterocycles. The number of carbonyl (C=O) groups excluding carboxylic acids is 1. The summed E-state index contributed by atoms with van der Waals surface area (Å²) in [5.74, 6) is -0.788. The van der Waals surface area contributed by atoms with Crippen molar-refractivity contribution in [2.45, 2.75) is 32.4 Å². The SMILES string of the molecule is CSCCC(NC(=O)C1=C(c2ccccc2C)C=C(COCc2cccc(Cl)c2)CC=C1)C(=O)O. The molecule has 0 fully saturated rings. The van der Waals surface area contributed by atoms with Crippen molar-refractivity contribution in [3.05, 3.63) is 99.6 Å². The van der Waals surface area contributed by atoms with Crippen LogP contribution in [0.2, 0.25) is 5.02 Å². The molecule has 1 unspecified atom stereocenters. The summed E-state index contributed by atoms with van der Waals surface area (Å²) in [4.78, 5) is 25.0. The van der Waals surface area contributed by atoms with Crippen LogP contribution in [0.5, 0.6) is 0 Å². The molecule has 2 N–H and O–H groups in total. The van der Waals surface area contributed by atoms with Crippen LogP contribution >= 0.6 is 23.4 Å². The topological polar surface area (TPSA) is 75.6 Å². The summed E-state index contributed by atoms with van der Waals surface area (Å²) >= 11 is 7.62. The molecule has 184 valence electrons. The molecule has 0 radical (unpaired) electrons. The van der Waals surface area contributed by atoms with E-state index in [9.17, 15) is 14.7 Å². The van der Waals surface area contributed by atoms with E-state index >= 15 is 0 Å². The third-order valence-corrected chi connectivity index (χ3v) is 6.52. The zero-order chi connectivity index (χ0) is 25.2. The van der Waals surface area contributed by atoms with E-state index in [4.69, 9.17) is 16.3 Å². The monoisotopic (exact) mass is 511 g/mol. The van der Waals surface area contributed by atoms with Crippen LogP contribution in [0.25, 0.3) is 5.57 Å². The molecule has 1 aliphatic rings. The molecular formula is C28H30ClNO4S. The van der Waals surface area contributed by atoms with Crippen LogP contribution in [-0.2, 0) is 20.9 Å². The number of aliphatic carboxylic acids is 1. The highest BCUT2D eigenvalue weighted by Crippen LogP contribution is 2.29. The Bertz CT molecular complexity index is 1160. The standard InChI is InChI=1S/C28H30ClNO4S/c1-19-7-3-4-11-23(19)25-16-21(18-34-17-20-8-5-10-22(29)15-20)9-6-12-24(25)27(31)30-26(28(32)33)13-14-35-2/h3-8,10-12,15-16,26H,9,13-14,17-18H2,1-2H3,(H,30,31)(H,32,33). The lowest BCUT2D eigenvalue weighted by molar-refractivity contribution is -0.141. The molecule has 7 heteroatoms. The summed E-state index contributed by atoms with van der Waals surface area (Å²) in [6.07, 6.45) is 8.59. The first-order valence-electron chi connectivity index (χ1n) is 11.4. The molecule has 1 amide bonds. The Hall–Kier alpha value is -2.80. The van der Waals surface area contributed by atoms with Gasteiger partial charge in [0.1, 0.15) is 6.04 Å². The average Bonchev–Trinajstić information content (AvgIpc) is 3.04. The molecule has 0 spiro atoms. The predicted octanol–water partition coefficient (Wildman–Crippen LogP) is 5.83. The Morgan fingerprint density at radius 3 is 2.69 bits per heavy atom. The zero-order valence-corrected chi connectivity index (χ0v) is 21.5. The molecule has 5 nitrogen and oxygen atoms in total. The van der Waals surface area contributed by atoms with Crippen molar-refractivity contribution in [2.24, 2.45) is 0 Å². The molecule has 3 rings (SSSR count). The van der Waals surface area contributed by atoms with E-state index in [-0.39, 0.29) is 0 Å². The third kappa shape index (κ3) is 7.85. The molecule has 2 aromatic rings. The summed E-state index contributed by atoms with van der Waals surface area (Å²) in [6, 6.07) is 14.5. The second kappa shape index (κ2) is 13.3. The maximum absolute atomic E-state index is 13.3. The Morgan fingerprint density at radius 1 is 1.17 bits per heavy atom. The van der Waals surface area contributed by atoms with Gasteiger partial charge < -0.3 is 15.2 Å². The van der Waals surface area contributed by atoms with Crippen LogP contribution in [0.4, 0.5) is 0 Å². The number of halogens is 1. The van der Waals surface area contributed by atoms with Crippen molar-refractivity contribution >= 4 is 40.8 Å². The quantitative estimate of drug-likeness (QED) is 0.397. The first-order valence-corrected chi connectivity index (χ1v) is 13.2. The van der Waals surface area contributed by atoms with Gasteiger partial charge in [-0.2, -0.15) is 11.8 Å². The molecule has 1 aliphatic carbocycles. The number of rotatable bonds is 11. The van der Waals surface area contributed by atoms with Gasteiger partial charge >= 0.3 is 5.97 Å². The van der Waals surface area contributed by atoms with Gasteiger partial charge in [0, 0.05) is 10.6 Å². The van der Waals surface area contributed by atoms with Crippen LogP contribution in [0.1, 0.15) is 29.5 Å². The fourth-order valence-corrected chi connectivity index (χ4v) is 4.50. The first kappa shape index (κ1) is 26.8. The summed E-state index contributed by atoms with van der Waals surface area (Å²) in [5.41, 5.74) is 5.15. The van der Waals surface area contributed by atoms with Gasteiger partial charge in [-0.1, -0.05) is 66.2 Å². The minimum absolute atomic E-state index is 0.358. The lowest BCUT2D eigenvalue weighted by atomic mass is 9.94. The molecule has 0 aliphatic heterocycles. The van der Waals surface area contributed by atoms with E-state index in [1.165, 1.54) is 0 Å². The van der Waals surface area contributed by atoms with Crippen LogP contribution in [0, 0.1) is 6.92 Å². The Labute approximate surface area is 215 Å². The summed E-state index contributed by atoms with van der Waals surface area (Å²) in [7, 11) is 0. The summed E-state index contributed by atoms with van der Waals surface area (Å²) in [5, 5.41) is 13.0. The van der Waals surface area contributed by atoms with Gasteiger partial charge in [0.25, 0.3) is 5.91 Å². The average molecular weight is 512 g/mol. The zero-order valence-electron chi connectivity index (χ0n) is 19.9. The maximum atomic E-state index is 13.3. The van der Waals surface area contributed by atoms with Crippen molar-refractivity contribution in [3.8, 4) is 0 Å². The van der Waals surface area contributed by atoms with Crippen LogP contribution in [0.3, 0.4) is 0 Å². The van der Waals surface area contributed by atoms with E-state index < -0.39 is 17.9 Å². The smallest absolute Gasteiger partial charge is 0.326 e. The number of nitrogens with one attached hydrogen (secondary N) is 1. The van der Waals surface area contributed by atoms with Gasteiger partial charge in [-0.05, 0) is 71.7 Å². The number of allylic oxidation sites excluding steroid dienone is 3. The fraction of sp³-hybridized carbons (Fsp3) is 0.286. The van der Waals surface area contributed by atoms with Crippen LogP contribution < -0.4 is 5.32 Å². The minimum Gasteiger partial charge on any atom is -0.480 e. The van der Waals surface area contributed by atoms with Gasteiger partial charge in [-0.25, -0.2) is 4.79 Å². The first-order chi connectivity index (χ1) is 16.9. The van der Waals surface area contributed by atoms with Crippen molar-refractivity contribution < 1.29 is 19.4 Å². The number of amides is 1. The lowest BCUT2D eigenvalue weighted by Crippen LogP contribution is -2.41. The molecule has 0 heterocycles. The minimum atomic E-state index is -1.03. The molecular weight excluding hydrogens is 482 g/mol. The van der Waals surface area contributed by atoms with Crippen molar-refractivity contribution in [1.29, 1.82) is 0 Å². The summed E-state index contributed by atoms with van der Waals surface area (Å²) in [6.45, 7) is 2.81. The van der Waals surface area contributed by atoms with Gasteiger partial charge in [0.15, 0.2) is 0 Å². The van der Waals surface area contributed by atoms with E-state index in [2.05, 4.69) is 5.32 Å². The van der Waals surface area contributed by atoms with Crippen molar-refractivity contribution in [1.82, 2.24) is 5.32 Å². The second-order valence-corrected chi connectivity index (χ2v) is 9.74. The molecule has 1 atom stereocenters.